The number of rotatable bonds is 7. The monoisotopic (exact) mass is 484 g/mol. The lowest BCUT2D eigenvalue weighted by atomic mass is 10.1. The van der Waals surface area contributed by atoms with Crippen LogP contribution in [0.15, 0.2) is 48.5 Å². The third kappa shape index (κ3) is 6.69. The molecule has 178 valence electrons. The SMILES string of the molecule is COCCN(C[C@@H]1CN(C(=O)c2cccc(Cl)c2)CCO1)C(=O)c1ccc(C(F)(F)F)cc1. The molecule has 0 radical (unpaired) electrons. The second-order valence-corrected chi connectivity index (χ2v) is 8.01. The zero-order valence-electron chi connectivity index (χ0n) is 18.0. The molecule has 2 aromatic carbocycles. The fourth-order valence-electron chi connectivity index (χ4n) is 3.53. The minimum atomic E-state index is -4.48. The van der Waals surface area contributed by atoms with Crippen LogP contribution in [0, 0.1) is 0 Å². The molecular weight excluding hydrogens is 461 g/mol. The van der Waals surface area contributed by atoms with Gasteiger partial charge in [-0.3, -0.25) is 9.59 Å². The molecule has 10 heteroatoms. The molecule has 6 nitrogen and oxygen atoms in total. The zero-order chi connectivity index (χ0) is 24.0. The molecule has 0 unspecified atom stereocenters. The number of methoxy groups -OCH3 is 1. The number of halogens is 4. The van der Waals surface area contributed by atoms with Gasteiger partial charge in [0.05, 0.1) is 24.9 Å². The van der Waals surface area contributed by atoms with Crippen LogP contribution < -0.4 is 0 Å². The van der Waals surface area contributed by atoms with E-state index in [1.54, 1.807) is 29.2 Å². The largest absolute Gasteiger partial charge is 0.416 e. The van der Waals surface area contributed by atoms with Crippen molar-refractivity contribution >= 4 is 23.4 Å². The van der Waals surface area contributed by atoms with Crippen LogP contribution in [0.5, 0.6) is 0 Å². The van der Waals surface area contributed by atoms with Gasteiger partial charge >= 0.3 is 6.18 Å². The van der Waals surface area contributed by atoms with Gasteiger partial charge in [0.15, 0.2) is 0 Å². The van der Waals surface area contributed by atoms with Gasteiger partial charge in [0.1, 0.15) is 0 Å². The zero-order valence-corrected chi connectivity index (χ0v) is 18.7. The standard InChI is InChI=1S/C23H24ClF3N2O4/c1-32-11-9-28(21(30)16-5-7-18(8-6-16)23(25,26)27)14-20-15-29(10-12-33-20)22(31)17-3-2-4-19(24)13-17/h2-8,13,20H,9-12,14-15H2,1H3/t20-/m1/s1. The minimum absolute atomic E-state index is 0.127. The van der Waals surface area contributed by atoms with Gasteiger partial charge in [0, 0.05) is 49.4 Å². The third-order valence-electron chi connectivity index (χ3n) is 5.23. The summed E-state index contributed by atoms with van der Waals surface area (Å²) in [4.78, 5) is 28.9. The second-order valence-electron chi connectivity index (χ2n) is 7.57. The van der Waals surface area contributed by atoms with Crippen molar-refractivity contribution in [1.29, 1.82) is 0 Å². The molecule has 0 N–H and O–H groups in total. The number of hydrogen-bond acceptors (Lipinski definition) is 4. The van der Waals surface area contributed by atoms with Crippen LogP contribution >= 0.6 is 11.6 Å². The molecule has 1 heterocycles. The Morgan fingerprint density at radius 2 is 1.91 bits per heavy atom. The molecule has 0 aliphatic carbocycles. The molecule has 1 fully saturated rings. The number of carbonyl (C=O) groups excluding carboxylic acids is 2. The average molecular weight is 485 g/mol. The second kappa shape index (κ2) is 11.0. The molecule has 33 heavy (non-hydrogen) atoms. The predicted octanol–water partition coefficient (Wildman–Crippen LogP) is 3.99. The Morgan fingerprint density at radius 3 is 2.55 bits per heavy atom. The highest BCUT2D eigenvalue weighted by Crippen LogP contribution is 2.29. The molecule has 0 saturated carbocycles. The molecule has 1 saturated heterocycles. The van der Waals surface area contributed by atoms with Crippen molar-refractivity contribution in [3.05, 3.63) is 70.2 Å². The topological polar surface area (TPSA) is 59.1 Å². The quantitative estimate of drug-likeness (QED) is 0.596. The van der Waals surface area contributed by atoms with Crippen molar-refractivity contribution < 1.29 is 32.2 Å². The van der Waals surface area contributed by atoms with Crippen LogP contribution in [-0.2, 0) is 15.7 Å². The maximum Gasteiger partial charge on any atom is 0.416 e. The summed E-state index contributed by atoms with van der Waals surface area (Å²) in [5.74, 6) is -0.633. The summed E-state index contributed by atoms with van der Waals surface area (Å²) in [6, 6.07) is 10.7. The number of carbonyl (C=O) groups is 2. The van der Waals surface area contributed by atoms with Crippen LogP contribution in [-0.4, -0.2) is 74.2 Å². The van der Waals surface area contributed by atoms with Gasteiger partial charge in [0.2, 0.25) is 0 Å². The highest BCUT2D eigenvalue weighted by atomic mass is 35.5. The number of amides is 2. The van der Waals surface area contributed by atoms with Gasteiger partial charge in [-0.2, -0.15) is 13.2 Å². The van der Waals surface area contributed by atoms with Crippen LogP contribution in [0.2, 0.25) is 5.02 Å². The van der Waals surface area contributed by atoms with Gasteiger partial charge in [-0.1, -0.05) is 17.7 Å². The summed E-state index contributed by atoms with van der Waals surface area (Å²) in [5.41, 5.74) is -0.240. The third-order valence-corrected chi connectivity index (χ3v) is 5.47. The first-order valence-corrected chi connectivity index (χ1v) is 10.7. The highest BCUT2D eigenvalue weighted by molar-refractivity contribution is 6.30. The predicted molar refractivity (Wildman–Crippen MR) is 116 cm³/mol. The number of benzene rings is 2. The summed E-state index contributed by atoms with van der Waals surface area (Å²) in [6.07, 6.45) is -4.94. The maximum atomic E-state index is 13.0. The molecule has 2 amide bonds. The summed E-state index contributed by atoms with van der Waals surface area (Å²) in [6.45, 7) is 1.57. The number of hydrogen-bond donors (Lipinski definition) is 0. The Hall–Kier alpha value is -2.62. The van der Waals surface area contributed by atoms with Crippen molar-refractivity contribution in [3.63, 3.8) is 0 Å². The van der Waals surface area contributed by atoms with Crippen molar-refractivity contribution in [1.82, 2.24) is 9.80 Å². The summed E-state index contributed by atoms with van der Waals surface area (Å²) < 4.78 is 49.4. The molecule has 0 spiro atoms. The minimum Gasteiger partial charge on any atom is -0.383 e. The van der Waals surface area contributed by atoms with Gasteiger partial charge in [-0.25, -0.2) is 0 Å². The number of morpholine rings is 1. The van der Waals surface area contributed by atoms with Crippen molar-refractivity contribution in [2.45, 2.75) is 12.3 Å². The maximum absolute atomic E-state index is 13.0. The van der Waals surface area contributed by atoms with E-state index in [1.807, 2.05) is 0 Å². The van der Waals surface area contributed by atoms with E-state index in [1.165, 1.54) is 12.0 Å². The van der Waals surface area contributed by atoms with Gasteiger partial charge in [0.25, 0.3) is 11.8 Å². The van der Waals surface area contributed by atoms with Gasteiger partial charge in [-0.05, 0) is 42.5 Å². The van der Waals surface area contributed by atoms with E-state index in [0.29, 0.717) is 23.7 Å². The van der Waals surface area contributed by atoms with Crippen LogP contribution in [0.1, 0.15) is 26.3 Å². The van der Waals surface area contributed by atoms with E-state index in [-0.39, 0.29) is 37.7 Å². The lowest BCUT2D eigenvalue weighted by Crippen LogP contribution is -2.51. The molecule has 2 aromatic rings. The van der Waals surface area contributed by atoms with E-state index < -0.39 is 23.8 Å². The lowest BCUT2D eigenvalue weighted by molar-refractivity contribution is -0.137. The Morgan fingerprint density at radius 1 is 1.18 bits per heavy atom. The Balaban J connectivity index is 1.70. The Labute approximate surface area is 194 Å². The Bertz CT molecular complexity index is 969. The van der Waals surface area contributed by atoms with Crippen LogP contribution in [0.25, 0.3) is 0 Å². The summed E-state index contributed by atoms with van der Waals surface area (Å²) in [5, 5.41) is 0.457. The smallest absolute Gasteiger partial charge is 0.383 e. The molecule has 1 aliphatic heterocycles. The van der Waals surface area contributed by atoms with Crippen molar-refractivity contribution in [3.8, 4) is 0 Å². The van der Waals surface area contributed by atoms with E-state index in [0.717, 1.165) is 24.3 Å². The van der Waals surface area contributed by atoms with E-state index in [4.69, 9.17) is 21.1 Å². The molecule has 3 rings (SSSR count). The molecule has 0 bridgehead atoms. The first-order chi connectivity index (χ1) is 15.7. The highest BCUT2D eigenvalue weighted by Gasteiger charge is 2.31. The molecular formula is C23H24ClF3N2O4. The van der Waals surface area contributed by atoms with Gasteiger partial charge in [-0.15, -0.1) is 0 Å². The molecule has 0 aromatic heterocycles. The fraction of sp³-hybridized carbons (Fsp3) is 0.391. The van der Waals surface area contributed by atoms with Crippen molar-refractivity contribution in [2.75, 3.05) is 46.5 Å². The normalized spacial score (nSPS) is 16.5. The van der Waals surface area contributed by atoms with Gasteiger partial charge < -0.3 is 19.3 Å². The summed E-state index contributed by atoms with van der Waals surface area (Å²) in [7, 11) is 1.49. The van der Waals surface area contributed by atoms with Crippen LogP contribution in [0.4, 0.5) is 13.2 Å². The molecule has 1 atom stereocenters. The number of nitrogens with zero attached hydrogens (tertiary/aromatic N) is 2. The van der Waals surface area contributed by atoms with E-state index >= 15 is 0 Å². The Kier molecular flexibility index (Phi) is 8.34. The molecule has 1 aliphatic rings. The first kappa shape index (κ1) is 25.0. The van der Waals surface area contributed by atoms with E-state index in [2.05, 4.69) is 0 Å². The number of ether oxygens (including phenoxy) is 2. The number of alkyl halides is 3. The lowest BCUT2D eigenvalue weighted by Gasteiger charge is -2.36. The fourth-order valence-corrected chi connectivity index (χ4v) is 3.72. The first-order valence-electron chi connectivity index (χ1n) is 10.3. The summed E-state index contributed by atoms with van der Waals surface area (Å²) >= 11 is 5.99. The average Bonchev–Trinajstić information content (AvgIpc) is 2.80. The van der Waals surface area contributed by atoms with Crippen LogP contribution in [0.3, 0.4) is 0 Å². The van der Waals surface area contributed by atoms with E-state index in [9.17, 15) is 22.8 Å². The van der Waals surface area contributed by atoms with Crippen molar-refractivity contribution in [2.24, 2.45) is 0 Å².